The van der Waals surface area contributed by atoms with Crippen LogP contribution in [0, 0.1) is 10.1 Å². The van der Waals surface area contributed by atoms with E-state index in [1.807, 2.05) is 0 Å². The summed E-state index contributed by atoms with van der Waals surface area (Å²) in [6.45, 7) is 3.88. The van der Waals surface area contributed by atoms with Gasteiger partial charge in [-0.1, -0.05) is 0 Å². The zero-order valence-corrected chi connectivity index (χ0v) is 11.6. The van der Waals surface area contributed by atoms with Crippen LogP contribution in [0.2, 0.25) is 0 Å². The quantitative estimate of drug-likeness (QED) is 0.667. The second-order valence-corrected chi connectivity index (χ2v) is 4.38. The normalized spacial score (nSPS) is 11.7. The van der Waals surface area contributed by atoms with Crippen LogP contribution in [0.5, 0.6) is 5.75 Å². The third-order valence-corrected chi connectivity index (χ3v) is 2.80. The van der Waals surface area contributed by atoms with Crippen LogP contribution in [0.1, 0.15) is 13.8 Å². The molecule has 0 bridgehead atoms. The lowest BCUT2D eigenvalue weighted by Crippen LogP contribution is -2.36. The first kappa shape index (κ1) is 14.4. The van der Waals surface area contributed by atoms with Gasteiger partial charge in [-0.05, 0) is 35.8 Å². The molecule has 1 aromatic rings. The number of nitro benzene ring substituents is 1. The molecule has 98 valence electrons. The summed E-state index contributed by atoms with van der Waals surface area (Å²) in [5.74, 6) is -0.00106. The lowest BCUT2D eigenvalue weighted by molar-refractivity contribution is -0.385. The van der Waals surface area contributed by atoms with Crippen molar-refractivity contribution < 1.29 is 14.5 Å². The van der Waals surface area contributed by atoms with Crippen LogP contribution in [0.4, 0.5) is 5.69 Å². The minimum Gasteiger partial charge on any atom is -0.479 e. The highest BCUT2D eigenvalue weighted by Gasteiger charge is 2.17. The Bertz CT molecular complexity index is 464. The number of nitrogens with one attached hydrogen (secondary N) is 1. The number of hydrogen-bond donors (Lipinski definition) is 1. The topological polar surface area (TPSA) is 81.5 Å². The molecule has 0 aliphatic rings. The van der Waals surface area contributed by atoms with Crippen LogP contribution in [0.25, 0.3) is 0 Å². The summed E-state index contributed by atoms with van der Waals surface area (Å²) < 4.78 is 5.95. The average Bonchev–Trinajstić information content (AvgIpc) is 2.31. The van der Waals surface area contributed by atoms with Crippen molar-refractivity contribution in [3.63, 3.8) is 0 Å². The largest absolute Gasteiger partial charge is 0.479 e. The van der Waals surface area contributed by atoms with Crippen LogP contribution in [0.3, 0.4) is 0 Å². The summed E-state index contributed by atoms with van der Waals surface area (Å²) >= 11 is 3.22. The molecule has 0 radical (unpaired) electrons. The first-order valence-electron chi connectivity index (χ1n) is 5.34. The summed E-state index contributed by atoms with van der Waals surface area (Å²) in [4.78, 5) is 21.6. The molecule has 0 aliphatic carbocycles. The molecular weight excluding hydrogens is 304 g/mol. The number of likely N-dealkylation sites (N-methyl/N-ethyl adjacent to an activating group) is 1. The van der Waals surface area contributed by atoms with Crippen LogP contribution in [0.15, 0.2) is 22.7 Å². The molecule has 1 rings (SSSR count). The van der Waals surface area contributed by atoms with Crippen molar-refractivity contribution in [3.8, 4) is 5.75 Å². The molecule has 6 nitrogen and oxygen atoms in total. The van der Waals surface area contributed by atoms with Gasteiger partial charge in [-0.2, -0.15) is 0 Å². The Labute approximate surface area is 113 Å². The second kappa shape index (κ2) is 6.34. The van der Waals surface area contributed by atoms with E-state index in [0.717, 1.165) is 0 Å². The summed E-state index contributed by atoms with van der Waals surface area (Å²) in [5.41, 5.74) is -0.0868. The molecule has 1 amide bonds. The highest BCUT2D eigenvalue weighted by molar-refractivity contribution is 9.10. The van der Waals surface area contributed by atoms with Crippen LogP contribution in [-0.2, 0) is 4.79 Å². The fraction of sp³-hybridized carbons (Fsp3) is 0.364. The van der Waals surface area contributed by atoms with Gasteiger partial charge < -0.3 is 10.1 Å². The molecule has 0 saturated carbocycles. The van der Waals surface area contributed by atoms with Crippen molar-refractivity contribution in [2.75, 3.05) is 6.54 Å². The van der Waals surface area contributed by atoms with Crippen LogP contribution in [-0.4, -0.2) is 23.5 Å². The zero-order chi connectivity index (χ0) is 13.7. The number of halogens is 1. The molecule has 1 N–H and O–H groups in total. The summed E-state index contributed by atoms with van der Waals surface area (Å²) in [6, 6.07) is 4.14. The van der Waals surface area contributed by atoms with E-state index >= 15 is 0 Å². The number of carbonyl (C=O) groups excluding carboxylic acids is 1. The number of hydrogen-bond acceptors (Lipinski definition) is 4. The van der Waals surface area contributed by atoms with Crippen LogP contribution < -0.4 is 10.1 Å². The van der Waals surface area contributed by atoms with Crippen molar-refractivity contribution in [1.29, 1.82) is 0 Å². The maximum atomic E-state index is 11.5. The fourth-order valence-corrected chi connectivity index (χ4v) is 1.60. The van der Waals surface area contributed by atoms with Crippen molar-refractivity contribution in [1.82, 2.24) is 5.32 Å². The highest BCUT2D eigenvalue weighted by atomic mass is 79.9. The Morgan fingerprint density at radius 1 is 1.61 bits per heavy atom. The van der Waals surface area contributed by atoms with Gasteiger partial charge in [0.2, 0.25) is 0 Å². The Morgan fingerprint density at radius 2 is 2.28 bits per heavy atom. The van der Waals surface area contributed by atoms with Crippen molar-refractivity contribution >= 4 is 27.5 Å². The Kier molecular flexibility index (Phi) is 5.08. The van der Waals surface area contributed by atoms with Gasteiger partial charge in [-0.3, -0.25) is 14.9 Å². The van der Waals surface area contributed by atoms with E-state index in [1.54, 1.807) is 13.8 Å². The lowest BCUT2D eigenvalue weighted by atomic mass is 10.3. The molecular formula is C11H13BrN2O4. The summed E-state index contributed by atoms with van der Waals surface area (Å²) in [5, 5.41) is 13.3. The van der Waals surface area contributed by atoms with Gasteiger partial charge in [0, 0.05) is 12.6 Å². The highest BCUT2D eigenvalue weighted by Crippen LogP contribution is 2.29. The van der Waals surface area contributed by atoms with Gasteiger partial charge in [0.15, 0.2) is 6.10 Å². The van der Waals surface area contributed by atoms with Gasteiger partial charge in [0.1, 0.15) is 5.75 Å². The predicted octanol–water partition coefficient (Wildman–Crippen LogP) is 2.26. The molecule has 0 fully saturated rings. The van der Waals surface area contributed by atoms with Gasteiger partial charge in [-0.15, -0.1) is 0 Å². The third kappa shape index (κ3) is 3.69. The van der Waals surface area contributed by atoms with Crippen molar-refractivity contribution in [3.05, 3.63) is 32.8 Å². The minimum absolute atomic E-state index is 0.0868. The lowest BCUT2D eigenvalue weighted by Gasteiger charge is -2.14. The summed E-state index contributed by atoms with van der Waals surface area (Å²) in [7, 11) is 0. The van der Waals surface area contributed by atoms with Gasteiger partial charge in [0.05, 0.1) is 15.5 Å². The number of benzene rings is 1. The summed E-state index contributed by atoms with van der Waals surface area (Å²) in [6.07, 6.45) is -0.719. The van der Waals surface area contributed by atoms with Crippen molar-refractivity contribution in [2.24, 2.45) is 0 Å². The average molecular weight is 317 g/mol. The van der Waals surface area contributed by atoms with E-state index in [9.17, 15) is 14.9 Å². The maximum Gasteiger partial charge on any atom is 0.273 e. The first-order chi connectivity index (χ1) is 8.45. The maximum absolute atomic E-state index is 11.5. The zero-order valence-electron chi connectivity index (χ0n) is 9.97. The van der Waals surface area contributed by atoms with Crippen molar-refractivity contribution in [2.45, 2.75) is 20.0 Å². The van der Waals surface area contributed by atoms with E-state index < -0.39 is 11.0 Å². The minimum atomic E-state index is -0.719. The molecule has 0 saturated heterocycles. The molecule has 1 aromatic carbocycles. The standard InChI is InChI=1S/C11H13BrN2O4/c1-3-13-11(15)7(2)18-10-6-8(14(16)17)4-5-9(10)12/h4-7H,3H2,1-2H3,(H,13,15). The molecule has 0 aromatic heterocycles. The van der Waals surface area contributed by atoms with E-state index in [1.165, 1.54) is 18.2 Å². The van der Waals surface area contributed by atoms with Gasteiger partial charge in [-0.25, -0.2) is 0 Å². The monoisotopic (exact) mass is 316 g/mol. The number of nitro groups is 1. The molecule has 0 spiro atoms. The molecule has 1 atom stereocenters. The molecule has 18 heavy (non-hydrogen) atoms. The number of non-ortho nitro benzene ring substituents is 1. The molecule has 7 heteroatoms. The smallest absolute Gasteiger partial charge is 0.273 e. The third-order valence-electron chi connectivity index (χ3n) is 2.15. The Balaban J connectivity index is 2.86. The number of nitrogens with zero attached hydrogens (tertiary/aromatic N) is 1. The number of carbonyl (C=O) groups is 1. The molecule has 0 heterocycles. The van der Waals surface area contributed by atoms with Crippen LogP contribution >= 0.6 is 15.9 Å². The Morgan fingerprint density at radius 3 is 2.83 bits per heavy atom. The number of amides is 1. The number of ether oxygens (including phenoxy) is 1. The van der Waals surface area contributed by atoms with E-state index in [4.69, 9.17) is 4.74 Å². The predicted molar refractivity (Wildman–Crippen MR) is 69.6 cm³/mol. The first-order valence-corrected chi connectivity index (χ1v) is 6.13. The molecule has 1 unspecified atom stereocenters. The van der Waals surface area contributed by atoms with E-state index in [-0.39, 0.29) is 17.3 Å². The second-order valence-electron chi connectivity index (χ2n) is 3.53. The van der Waals surface area contributed by atoms with Gasteiger partial charge in [0.25, 0.3) is 11.6 Å². The van der Waals surface area contributed by atoms with E-state index in [0.29, 0.717) is 11.0 Å². The fourth-order valence-electron chi connectivity index (χ4n) is 1.26. The SMILES string of the molecule is CCNC(=O)C(C)Oc1cc([N+](=O)[O-])ccc1Br. The van der Waals surface area contributed by atoms with E-state index in [2.05, 4.69) is 21.2 Å². The number of rotatable bonds is 5. The van der Waals surface area contributed by atoms with Gasteiger partial charge >= 0.3 is 0 Å². The molecule has 0 aliphatic heterocycles. The Hall–Kier alpha value is -1.63.